The van der Waals surface area contributed by atoms with E-state index >= 15 is 0 Å². The van der Waals surface area contributed by atoms with Crippen molar-refractivity contribution in [1.29, 1.82) is 0 Å². The highest BCUT2D eigenvalue weighted by atomic mass is 32.1. The van der Waals surface area contributed by atoms with Gasteiger partial charge < -0.3 is 4.57 Å². The van der Waals surface area contributed by atoms with Gasteiger partial charge in [-0.15, -0.1) is 11.3 Å². The molecule has 0 unspecified atom stereocenters. The smallest absolute Gasteiger partial charge is 0.235 e. The second-order valence-corrected chi connectivity index (χ2v) is 13.6. The van der Waals surface area contributed by atoms with Crippen LogP contribution < -0.4 is 0 Å². The molecule has 0 N–H and O–H groups in total. The largest absolute Gasteiger partial charge is 0.307 e. The minimum absolute atomic E-state index is 0.669. The van der Waals surface area contributed by atoms with Crippen LogP contribution in [-0.4, -0.2) is 19.1 Å². The molecule has 5 heteroatoms. The maximum Gasteiger partial charge on any atom is 0.235 e. The number of benzene rings is 7. The van der Waals surface area contributed by atoms with Gasteiger partial charge in [0.05, 0.1) is 38.0 Å². The molecule has 4 heterocycles. The van der Waals surface area contributed by atoms with Crippen LogP contribution in [0, 0.1) is 0 Å². The molecule has 7 aromatic carbocycles. The fraction of sp³-hybridized carbons (Fsp3) is 0. The van der Waals surface area contributed by atoms with Gasteiger partial charge in [-0.05, 0) is 35.0 Å². The molecule has 228 valence electrons. The summed E-state index contributed by atoms with van der Waals surface area (Å²) in [7, 11) is 0. The lowest BCUT2D eigenvalue weighted by Gasteiger charge is -2.13. The normalized spacial score (nSPS) is 12.1. The van der Waals surface area contributed by atoms with E-state index in [1.165, 1.54) is 42.5 Å². The number of para-hydroxylation sites is 3. The van der Waals surface area contributed by atoms with Crippen LogP contribution in [0.25, 0.3) is 97.6 Å². The quantitative estimate of drug-likeness (QED) is 0.192. The van der Waals surface area contributed by atoms with Gasteiger partial charge in [-0.25, -0.2) is 9.97 Å². The Morgan fingerprint density at radius 1 is 0.408 bits per heavy atom. The molecular weight excluding hydrogens is 617 g/mol. The van der Waals surface area contributed by atoms with E-state index in [9.17, 15) is 0 Å². The maximum atomic E-state index is 5.52. The summed E-state index contributed by atoms with van der Waals surface area (Å²) in [5.74, 6) is 0.669. The first-order valence-corrected chi connectivity index (χ1v) is 17.3. The van der Waals surface area contributed by atoms with Crippen molar-refractivity contribution in [3.05, 3.63) is 158 Å². The molecule has 4 nitrogen and oxygen atoms in total. The summed E-state index contributed by atoms with van der Waals surface area (Å²) >= 11 is 1.79. The van der Waals surface area contributed by atoms with Gasteiger partial charge in [0.25, 0.3) is 0 Å². The number of hydrogen-bond acceptors (Lipinski definition) is 3. The van der Waals surface area contributed by atoms with E-state index in [2.05, 4.69) is 167 Å². The van der Waals surface area contributed by atoms with E-state index in [1.54, 1.807) is 11.3 Å². The lowest BCUT2D eigenvalue weighted by Crippen LogP contribution is -2.04. The van der Waals surface area contributed by atoms with Crippen LogP contribution in [0.1, 0.15) is 0 Å². The molecule has 0 aliphatic carbocycles. The van der Waals surface area contributed by atoms with Gasteiger partial charge in [0, 0.05) is 42.9 Å². The number of thiophene rings is 1. The molecule has 11 aromatic rings. The molecule has 0 atom stereocenters. The molecule has 11 rings (SSSR count). The number of rotatable bonds is 3. The number of hydrogen-bond donors (Lipinski definition) is 0. The molecule has 49 heavy (non-hydrogen) atoms. The molecule has 0 aliphatic rings. The lowest BCUT2D eigenvalue weighted by molar-refractivity contribution is 1.02. The van der Waals surface area contributed by atoms with Gasteiger partial charge in [-0.2, -0.15) is 0 Å². The van der Waals surface area contributed by atoms with Gasteiger partial charge in [-0.1, -0.05) is 133 Å². The zero-order valence-electron chi connectivity index (χ0n) is 26.2. The van der Waals surface area contributed by atoms with E-state index in [0.717, 1.165) is 49.1 Å². The van der Waals surface area contributed by atoms with Crippen LogP contribution >= 0.6 is 11.3 Å². The second kappa shape index (κ2) is 10.1. The number of nitrogens with zero attached hydrogens (tertiary/aromatic N) is 4. The molecule has 0 spiro atoms. The van der Waals surface area contributed by atoms with Crippen LogP contribution in [0.3, 0.4) is 0 Å². The third-order valence-corrected chi connectivity index (χ3v) is 11.2. The molecule has 4 aromatic heterocycles. The summed E-state index contributed by atoms with van der Waals surface area (Å²) in [6.07, 6.45) is 0. The summed E-state index contributed by atoms with van der Waals surface area (Å²) in [6, 6.07) is 56.3. The van der Waals surface area contributed by atoms with Crippen LogP contribution in [0.15, 0.2) is 158 Å². The molecule has 0 amide bonds. The summed E-state index contributed by atoms with van der Waals surface area (Å²) in [5, 5.41) is 8.41. The van der Waals surface area contributed by atoms with Crippen molar-refractivity contribution in [1.82, 2.24) is 19.1 Å². The molecule has 0 aliphatic heterocycles. The third kappa shape index (κ3) is 3.73. The summed E-state index contributed by atoms with van der Waals surface area (Å²) in [4.78, 5) is 11.0. The first kappa shape index (κ1) is 26.7. The van der Waals surface area contributed by atoms with E-state index in [4.69, 9.17) is 9.97 Å². The standard InChI is InChI=1S/C44H26N4S/c1-3-14-28(15-4-1)38-43-39(35-24-23-27-13-7-8-18-30(27)42(35)49-43)46-44(45-38)48-37-22-12-10-20-32(37)34-26-25-33-31-19-9-11-21-36(31)47(40(33)41(34)48)29-16-5-2-6-17-29/h1-26H. The highest BCUT2D eigenvalue weighted by molar-refractivity contribution is 7.27. The first-order valence-electron chi connectivity index (χ1n) is 16.5. The molecule has 0 radical (unpaired) electrons. The Morgan fingerprint density at radius 2 is 0.980 bits per heavy atom. The maximum absolute atomic E-state index is 5.52. The fourth-order valence-corrected chi connectivity index (χ4v) is 9.09. The number of fused-ring (bicyclic) bond motifs is 12. The van der Waals surface area contributed by atoms with Crippen LogP contribution in [0.2, 0.25) is 0 Å². The van der Waals surface area contributed by atoms with Crippen molar-refractivity contribution in [3.63, 3.8) is 0 Å². The lowest BCUT2D eigenvalue weighted by atomic mass is 10.1. The van der Waals surface area contributed by atoms with Crippen molar-refractivity contribution < 1.29 is 0 Å². The Labute approximate surface area is 284 Å². The topological polar surface area (TPSA) is 35.6 Å². The van der Waals surface area contributed by atoms with Gasteiger partial charge in [0.2, 0.25) is 5.95 Å². The van der Waals surface area contributed by atoms with Gasteiger partial charge in [0.1, 0.15) is 0 Å². The van der Waals surface area contributed by atoms with E-state index in [1.807, 2.05) is 0 Å². The van der Waals surface area contributed by atoms with Crippen LogP contribution in [-0.2, 0) is 0 Å². The van der Waals surface area contributed by atoms with Gasteiger partial charge >= 0.3 is 0 Å². The summed E-state index contributed by atoms with van der Waals surface area (Å²) in [6.45, 7) is 0. The monoisotopic (exact) mass is 642 g/mol. The second-order valence-electron chi connectivity index (χ2n) is 12.6. The Bertz CT molecular complexity index is 3100. The predicted octanol–water partition coefficient (Wildman–Crippen LogP) is 11.9. The zero-order chi connectivity index (χ0) is 32.1. The van der Waals surface area contributed by atoms with Crippen molar-refractivity contribution >= 4 is 86.0 Å². The molecule has 0 bridgehead atoms. The van der Waals surface area contributed by atoms with E-state index < -0.39 is 0 Å². The average molecular weight is 643 g/mol. The van der Waals surface area contributed by atoms with Crippen molar-refractivity contribution in [2.75, 3.05) is 0 Å². The van der Waals surface area contributed by atoms with Crippen molar-refractivity contribution in [2.45, 2.75) is 0 Å². The minimum Gasteiger partial charge on any atom is -0.307 e. The van der Waals surface area contributed by atoms with Crippen molar-refractivity contribution in [3.8, 4) is 22.9 Å². The summed E-state index contributed by atoms with van der Waals surface area (Å²) in [5.41, 5.74) is 8.63. The SMILES string of the molecule is c1ccc(-c2nc(-n3c4ccccc4c4ccc5c6ccccc6n(-c6ccccc6)c5c43)nc3c2sc2c4ccccc4ccc32)cc1. The predicted molar refractivity (Wildman–Crippen MR) is 207 cm³/mol. The van der Waals surface area contributed by atoms with Gasteiger partial charge in [-0.3, -0.25) is 4.57 Å². The highest BCUT2D eigenvalue weighted by Crippen LogP contribution is 2.44. The fourth-order valence-electron chi connectivity index (χ4n) is 7.80. The Kier molecular flexibility index (Phi) is 5.51. The molecular formula is C44H26N4S. The first-order chi connectivity index (χ1) is 24.3. The molecule has 0 fully saturated rings. The van der Waals surface area contributed by atoms with Crippen molar-refractivity contribution in [2.24, 2.45) is 0 Å². The molecule has 0 saturated carbocycles. The molecule has 0 saturated heterocycles. The van der Waals surface area contributed by atoms with E-state index in [-0.39, 0.29) is 0 Å². The van der Waals surface area contributed by atoms with Gasteiger partial charge in [0.15, 0.2) is 0 Å². The average Bonchev–Trinajstić information content (AvgIpc) is 3.83. The highest BCUT2D eigenvalue weighted by Gasteiger charge is 2.24. The van der Waals surface area contributed by atoms with Crippen LogP contribution in [0.4, 0.5) is 0 Å². The Morgan fingerprint density at radius 3 is 1.71 bits per heavy atom. The number of aromatic nitrogens is 4. The third-order valence-electron chi connectivity index (χ3n) is 9.92. The zero-order valence-corrected chi connectivity index (χ0v) is 27.0. The summed E-state index contributed by atoms with van der Waals surface area (Å²) < 4.78 is 7.06. The Balaban J connectivity index is 1.35. The minimum atomic E-state index is 0.669. The Hall–Kier alpha value is -6.30. The van der Waals surface area contributed by atoms with E-state index in [0.29, 0.717) is 5.95 Å². The van der Waals surface area contributed by atoms with Crippen LogP contribution in [0.5, 0.6) is 0 Å².